The van der Waals surface area contributed by atoms with E-state index in [1.807, 2.05) is 0 Å². The zero-order valence-electron chi connectivity index (χ0n) is 14.3. The van der Waals surface area contributed by atoms with Crippen LogP contribution in [0.5, 0.6) is 28.7 Å². The normalized spacial score (nSPS) is 12.4. The highest BCUT2D eigenvalue weighted by atomic mass is 19.3. The second-order valence-corrected chi connectivity index (χ2v) is 5.29. The smallest absolute Gasteiger partial charge is 0.387 e. The monoisotopic (exact) mass is 378 g/mol. The molecule has 0 bridgehead atoms. The molecule has 0 aliphatic carbocycles. The number of fused-ring (bicyclic) bond motifs is 1. The molecule has 0 fully saturated rings. The molecule has 0 N–H and O–H groups in total. The lowest BCUT2D eigenvalue weighted by molar-refractivity contribution is -0.128. The Kier molecular flexibility index (Phi) is 5.75. The van der Waals surface area contributed by atoms with Crippen molar-refractivity contribution < 1.29 is 37.3 Å². The number of ether oxygens (including phenoxy) is 5. The molecule has 1 aliphatic heterocycles. The van der Waals surface area contributed by atoms with Gasteiger partial charge in [0.1, 0.15) is 5.75 Å². The van der Waals surface area contributed by atoms with E-state index in [0.717, 1.165) is 0 Å². The number of rotatable bonds is 7. The summed E-state index contributed by atoms with van der Waals surface area (Å²) >= 11 is 0. The molecule has 0 atom stereocenters. The summed E-state index contributed by atoms with van der Waals surface area (Å²) in [6, 6.07) is 9.14. The number of benzene rings is 2. The molecule has 0 amide bonds. The van der Waals surface area contributed by atoms with Gasteiger partial charge < -0.3 is 23.7 Å². The summed E-state index contributed by atoms with van der Waals surface area (Å²) in [6.45, 7) is -0.835. The third-order valence-corrected chi connectivity index (χ3v) is 3.46. The maximum atomic E-state index is 12.4. The predicted octanol–water partition coefficient (Wildman–Crippen LogP) is 4.03. The van der Waals surface area contributed by atoms with Gasteiger partial charge in [-0.05, 0) is 42.8 Å². The average molecular weight is 378 g/mol. The van der Waals surface area contributed by atoms with Gasteiger partial charge in [-0.1, -0.05) is 6.07 Å². The molecule has 0 spiro atoms. The van der Waals surface area contributed by atoms with Gasteiger partial charge in [0.2, 0.25) is 6.79 Å². The number of carbonyl (C=O) groups excluding carboxylic acids is 1. The van der Waals surface area contributed by atoms with Gasteiger partial charge in [-0.25, -0.2) is 4.79 Å². The first-order valence-electron chi connectivity index (χ1n) is 8.06. The Morgan fingerprint density at radius 2 is 1.96 bits per heavy atom. The molecule has 3 rings (SSSR count). The molecule has 0 unspecified atom stereocenters. The second kappa shape index (κ2) is 8.39. The SMILES string of the molecule is CCOc1cc(/C=C/C(=O)Oc2ccc3c(c2)OCO3)ccc1OC(F)F. The van der Waals surface area contributed by atoms with Crippen molar-refractivity contribution in [3.63, 3.8) is 0 Å². The van der Waals surface area contributed by atoms with Gasteiger partial charge >= 0.3 is 12.6 Å². The highest BCUT2D eigenvalue weighted by Gasteiger charge is 2.15. The van der Waals surface area contributed by atoms with Crippen LogP contribution in [0.2, 0.25) is 0 Å². The Morgan fingerprint density at radius 3 is 2.74 bits per heavy atom. The molecule has 2 aromatic rings. The number of esters is 1. The van der Waals surface area contributed by atoms with E-state index in [-0.39, 0.29) is 24.9 Å². The molecule has 1 heterocycles. The van der Waals surface area contributed by atoms with Crippen molar-refractivity contribution in [2.75, 3.05) is 13.4 Å². The zero-order chi connectivity index (χ0) is 19.2. The van der Waals surface area contributed by atoms with Crippen LogP contribution >= 0.6 is 0 Å². The van der Waals surface area contributed by atoms with Gasteiger partial charge in [0.15, 0.2) is 23.0 Å². The molecule has 0 saturated carbocycles. The van der Waals surface area contributed by atoms with Crippen molar-refractivity contribution in [3.05, 3.63) is 48.0 Å². The van der Waals surface area contributed by atoms with E-state index in [2.05, 4.69) is 4.74 Å². The van der Waals surface area contributed by atoms with Crippen LogP contribution in [0.3, 0.4) is 0 Å². The van der Waals surface area contributed by atoms with Gasteiger partial charge in [-0.15, -0.1) is 0 Å². The first kappa shape index (κ1) is 18.5. The largest absolute Gasteiger partial charge is 0.490 e. The lowest BCUT2D eigenvalue weighted by Crippen LogP contribution is -2.05. The fourth-order valence-electron chi connectivity index (χ4n) is 2.34. The highest BCUT2D eigenvalue weighted by molar-refractivity contribution is 5.89. The van der Waals surface area contributed by atoms with Gasteiger partial charge in [0.25, 0.3) is 0 Å². The summed E-state index contributed by atoms with van der Waals surface area (Å²) in [5, 5.41) is 0. The third kappa shape index (κ3) is 4.87. The molecule has 1 aliphatic rings. The van der Waals surface area contributed by atoms with Gasteiger partial charge in [-0.2, -0.15) is 8.78 Å². The molecular formula is C19H16F2O6. The number of halogens is 2. The molecular weight excluding hydrogens is 362 g/mol. The quantitative estimate of drug-likeness (QED) is 0.412. The molecule has 6 nitrogen and oxygen atoms in total. The highest BCUT2D eigenvalue weighted by Crippen LogP contribution is 2.35. The Labute approximate surface area is 153 Å². The molecule has 2 aromatic carbocycles. The van der Waals surface area contributed by atoms with Crippen molar-refractivity contribution in [1.82, 2.24) is 0 Å². The van der Waals surface area contributed by atoms with E-state index in [9.17, 15) is 13.6 Å². The lowest BCUT2D eigenvalue weighted by Gasteiger charge is -2.11. The number of alkyl halides is 2. The zero-order valence-corrected chi connectivity index (χ0v) is 14.3. The Balaban J connectivity index is 1.67. The van der Waals surface area contributed by atoms with Crippen molar-refractivity contribution >= 4 is 12.0 Å². The van der Waals surface area contributed by atoms with Crippen LogP contribution in [0.25, 0.3) is 6.08 Å². The van der Waals surface area contributed by atoms with Crippen LogP contribution in [0.1, 0.15) is 12.5 Å². The molecule has 142 valence electrons. The number of hydrogen-bond donors (Lipinski definition) is 0. The molecule has 0 radical (unpaired) electrons. The van der Waals surface area contributed by atoms with Crippen LogP contribution in [0, 0.1) is 0 Å². The minimum atomic E-state index is -2.96. The van der Waals surface area contributed by atoms with E-state index in [4.69, 9.17) is 18.9 Å². The summed E-state index contributed by atoms with van der Waals surface area (Å²) in [5.41, 5.74) is 0.558. The van der Waals surface area contributed by atoms with Crippen molar-refractivity contribution in [2.24, 2.45) is 0 Å². The van der Waals surface area contributed by atoms with Crippen LogP contribution in [-0.4, -0.2) is 26.0 Å². The maximum absolute atomic E-state index is 12.4. The standard InChI is InChI=1S/C19H16F2O6/c1-2-23-16-9-12(3-6-15(16)27-19(20)21)4-8-18(22)26-13-5-7-14-17(10-13)25-11-24-14/h3-10,19H,2,11H2,1H3/b8-4+. The van der Waals surface area contributed by atoms with Crippen molar-refractivity contribution in [2.45, 2.75) is 13.5 Å². The van der Waals surface area contributed by atoms with Gasteiger partial charge in [0, 0.05) is 12.1 Å². The summed E-state index contributed by atoms with van der Waals surface area (Å²) in [4.78, 5) is 12.0. The minimum absolute atomic E-state index is 0.0769. The van der Waals surface area contributed by atoms with Crippen LogP contribution in [0.4, 0.5) is 8.78 Å². The van der Waals surface area contributed by atoms with Gasteiger partial charge in [0.05, 0.1) is 6.61 Å². The second-order valence-electron chi connectivity index (χ2n) is 5.29. The van der Waals surface area contributed by atoms with E-state index in [0.29, 0.717) is 22.8 Å². The molecule has 8 heteroatoms. The molecule has 27 heavy (non-hydrogen) atoms. The van der Waals surface area contributed by atoms with Crippen molar-refractivity contribution in [1.29, 1.82) is 0 Å². The predicted molar refractivity (Wildman–Crippen MR) is 91.5 cm³/mol. The first-order valence-corrected chi connectivity index (χ1v) is 8.06. The fraction of sp³-hybridized carbons (Fsp3) is 0.211. The molecule has 0 saturated heterocycles. The molecule has 0 aromatic heterocycles. The average Bonchev–Trinajstić information content (AvgIpc) is 3.09. The van der Waals surface area contributed by atoms with Crippen LogP contribution < -0.4 is 23.7 Å². The summed E-state index contributed by atoms with van der Waals surface area (Å²) < 4.78 is 50.1. The van der Waals surface area contributed by atoms with Crippen LogP contribution in [-0.2, 0) is 4.79 Å². The number of carbonyl (C=O) groups is 1. The Hall–Kier alpha value is -3.29. The van der Waals surface area contributed by atoms with E-state index < -0.39 is 12.6 Å². The first-order chi connectivity index (χ1) is 13.0. The van der Waals surface area contributed by atoms with Crippen LogP contribution in [0.15, 0.2) is 42.5 Å². The maximum Gasteiger partial charge on any atom is 0.387 e. The fourth-order valence-corrected chi connectivity index (χ4v) is 2.34. The van der Waals surface area contributed by atoms with Gasteiger partial charge in [-0.3, -0.25) is 0 Å². The third-order valence-electron chi connectivity index (χ3n) is 3.46. The topological polar surface area (TPSA) is 63.2 Å². The number of hydrogen-bond acceptors (Lipinski definition) is 6. The summed E-state index contributed by atoms with van der Waals surface area (Å²) in [6.07, 6.45) is 2.69. The van der Waals surface area contributed by atoms with E-state index in [1.165, 1.54) is 30.4 Å². The van der Waals surface area contributed by atoms with Crippen molar-refractivity contribution in [3.8, 4) is 28.7 Å². The summed E-state index contributed by atoms with van der Waals surface area (Å²) in [5.74, 6) is 0.862. The summed E-state index contributed by atoms with van der Waals surface area (Å²) in [7, 11) is 0. The van der Waals surface area contributed by atoms with E-state index >= 15 is 0 Å². The Bertz CT molecular complexity index is 850. The lowest BCUT2D eigenvalue weighted by atomic mass is 10.2. The minimum Gasteiger partial charge on any atom is -0.490 e. The van der Waals surface area contributed by atoms with E-state index in [1.54, 1.807) is 25.1 Å². The Morgan fingerprint density at radius 1 is 1.15 bits per heavy atom.